The lowest BCUT2D eigenvalue weighted by Gasteiger charge is -2.04. The number of hydrogen-bond acceptors (Lipinski definition) is 3. The second-order valence-corrected chi connectivity index (χ2v) is 5.10. The van der Waals surface area contributed by atoms with E-state index in [1.807, 2.05) is 0 Å². The van der Waals surface area contributed by atoms with Crippen molar-refractivity contribution >= 4 is 49.0 Å². The first-order valence-corrected chi connectivity index (χ1v) is 6.28. The van der Waals surface area contributed by atoms with Crippen LogP contribution < -0.4 is 8.21 Å². The summed E-state index contributed by atoms with van der Waals surface area (Å²) in [7, 11) is -3.73. The van der Waals surface area contributed by atoms with Crippen LogP contribution in [0, 0.1) is 0 Å². The molecule has 0 saturated carbocycles. The zero-order valence-corrected chi connectivity index (χ0v) is 10.8. The van der Waals surface area contributed by atoms with Gasteiger partial charge in [-0.05, 0) is 18.2 Å². The Kier molecular flexibility index (Phi) is 3.55. The topological polar surface area (TPSA) is 69.4 Å². The minimum atomic E-state index is -3.73. The van der Waals surface area contributed by atoms with Crippen LogP contribution in [0.3, 0.4) is 0 Å². The highest BCUT2D eigenvalue weighted by Gasteiger charge is 2.15. The number of primary sulfonamides is 1. The molecule has 0 amide bonds. The first-order valence-electron chi connectivity index (χ1n) is 3.06. The van der Waals surface area contributed by atoms with E-state index >= 15 is 0 Å². The molecule has 7 heteroatoms. The average Bonchev–Trinajstić information content (AvgIpc) is 2.03. The molecule has 13 heavy (non-hydrogen) atoms. The van der Waals surface area contributed by atoms with Crippen LogP contribution >= 0.6 is 38.9 Å². The molecule has 1 rings (SSSR count). The third kappa shape index (κ3) is 2.79. The van der Waals surface area contributed by atoms with Crippen molar-refractivity contribution in [1.82, 2.24) is 0 Å². The monoisotopic (exact) mass is 377 g/mol. The first-order chi connectivity index (χ1) is 5.95. The Morgan fingerprint density at radius 2 is 2.08 bits per heavy atom. The van der Waals surface area contributed by atoms with Crippen LogP contribution in [0.1, 0.15) is 0 Å². The van der Waals surface area contributed by atoms with E-state index in [2.05, 4.69) is 15.9 Å². The standard InChI is InChI=1S/C6H5BrINO3S/c7-4-1-2-5(12-8)6(3-4)13(9,10)11/h1-3H,(H2,9,10,11). The summed E-state index contributed by atoms with van der Waals surface area (Å²) in [5, 5.41) is 4.97. The van der Waals surface area contributed by atoms with Gasteiger partial charge in [-0.25, -0.2) is 13.6 Å². The third-order valence-electron chi connectivity index (χ3n) is 1.30. The van der Waals surface area contributed by atoms with E-state index < -0.39 is 10.0 Å². The quantitative estimate of drug-likeness (QED) is 0.799. The molecule has 0 aliphatic heterocycles. The van der Waals surface area contributed by atoms with Crippen LogP contribution in [0.4, 0.5) is 0 Å². The maximum Gasteiger partial charge on any atom is 0.241 e. The highest BCUT2D eigenvalue weighted by atomic mass is 127. The van der Waals surface area contributed by atoms with Crippen LogP contribution in [-0.4, -0.2) is 8.42 Å². The van der Waals surface area contributed by atoms with E-state index in [4.69, 9.17) is 8.21 Å². The molecule has 0 fully saturated rings. The van der Waals surface area contributed by atoms with E-state index in [-0.39, 0.29) is 10.6 Å². The van der Waals surface area contributed by atoms with Gasteiger partial charge >= 0.3 is 0 Å². The minimum Gasteiger partial charge on any atom is -0.426 e. The Hall–Kier alpha value is 0.140. The molecule has 0 atom stereocenters. The molecular weight excluding hydrogens is 373 g/mol. The van der Waals surface area contributed by atoms with Gasteiger partial charge < -0.3 is 3.07 Å². The van der Waals surface area contributed by atoms with Gasteiger partial charge in [-0.3, -0.25) is 0 Å². The van der Waals surface area contributed by atoms with Crippen molar-refractivity contribution in [2.75, 3.05) is 0 Å². The van der Waals surface area contributed by atoms with Gasteiger partial charge in [0.2, 0.25) is 10.0 Å². The van der Waals surface area contributed by atoms with Crippen LogP contribution in [0.15, 0.2) is 27.6 Å². The molecule has 0 aromatic heterocycles. The van der Waals surface area contributed by atoms with Crippen LogP contribution in [0.5, 0.6) is 5.75 Å². The maximum absolute atomic E-state index is 11.0. The molecule has 1 aromatic rings. The Morgan fingerprint density at radius 3 is 2.54 bits per heavy atom. The highest BCUT2D eigenvalue weighted by molar-refractivity contribution is 14.1. The molecular formula is C6H5BrINO3S. The lowest BCUT2D eigenvalue weighted by Crippen LogP contribution is -2.12. The van der Waals surface area contributed by atoms with E-state index in [1.165, 1.54) is 12.1 Å². The SMILES string of the molecule is NS(=O)(=O)c1cc(Br)ccc1OI. The number of benzene rings is 1. The van der Waals surface area contributed by atoms with Crippen molar-refractivity contribution in [2.24, 2.45) is 5.14 Å². The second-order valence-electron chi connectivity index (χ2n) is 2.21. The fourth-order valence-corrected chi connectivity index (χ4v) is 2.50. The molecule has 0 spiro atoms. The molecule has 0 radical (unpaired) electrons. The van der Waals surface area contributed by atoms with Crippen molar-refractivity contribution in [3.63, 3.8) is 0 Å². The van der Waals surface area contributed by atoms with Gasteiger partial charge in [0, 0.05) is 4.47 Å². The summed E-state index contributed by atoms with van der Waals surface area (Å²) in [6.07, 6.45) is 0. The second kappa shape index (κ2) is 4.11. The van der Waals surface area contributed by atoms with Gasteiger partial charge in [0.1, 0.15) is 4.90 Å². The number of hydrogen-bond donors (Lipinski definition) is 1. The van der Waals surface area contributed by atoms with Gasteiger partial charge in [-0.2, -0.15) is 0 Å². The number of rotatable bonds is 2. The smallest absolute Gasteiger partial charge is 0.241 e. The van der Waals surface area contributed by atoms with Crippen molar-refractivity contribution < 1.29 is 11.5 Å². The fourth-order valence-electron chi connectivity index (χ4n) is 0.768. The van der Waals surface area contributed by atoms with Crippen LogP contribution in [0.25, 0.3) is 0 Å². The maximum atomic E-state index is 11.0. The van der Waals surface area contributed by atoms with Gasteiger partial charge in [0.05, 0.1) is 0 Å². The summed E-state index contributed by atoms with van der Waals surface area (Å²) in [5.74, 6) is 0.228. The Balaban J connectivity index is 3.41. The Bertz CT molecular complexity index is 420. The lowest BCUT2D eigenvalue weighted by molar-refractivity contribution is 0.591. The molecule has 1 aromatic carbocycles. The van der Waals surface area contributed by atoms with E-state index in [1.54, 1.807) is 29.1 Å². The molecule has 0 heterocycles. The molecule has 0 unspecified atom stereocenters. The fraction of sp³-hybridized carbons (Fsp3) is 0. The molecule has 0 bridgehead atoms. The highest BCUT2D eigenvalue weighted by Crippen LogP contribution is 2.27. The summed E-state index contributed by atoms with van der Waals surface area (Å²) < 4.78 is 27.5. The summed E-state index contributed by atoms with van der Waals surface area (Å²) in [6.45, 7) is 0. The van der Waals surface area contributed by atoms with E-state index in [0.29, 0.717) is 4.47 Å². The van der Waals surface area contributed by atoms with Crippen LogP contribution in [0.2, 0.25) is 0 Å². The third-order valence-corrected chi connectivity index (χ3v) is 3.20. The number of halogens is 2. The largest absolute Gasteiger partial charge is 0.426 e. The summed E-state index contributed by atoms with van der Waals surface area (Å²) >= 11 is 4.74. The molecule has 0 aliphatic rings. The van der Waals surface area contributed by atoms with Crippen LogP contribution in [-0.2, 0) is 10.0 Å². The zero-order chi connectivity index (χ0) is 10.1. The van der Waals surface area contributed by atoms with Crippen molar-refractivity contribution in [3.8, 4) is 5.75 Å². The van der Waals surface area contributed by atoms with E-state index in [9.17, 15) is 8.42 Å². The summed E-state index contributed by atoms with van der Waals surface area (Å²) in [6, 6.07) is 4.59. The predicted octanol–water partition coefficient (Wildman–Crippen LogP) is 1.83. The van der Waals surface area contributed by atoms with E-state index in [0.717, 1.165) is 0 Å². The minimum absolute atomic E-state index is 0.0312. The normalized spacial score (nSPS) is 11.3. The molecule has 72 valence electrons. The van der Waals surface area contributed by atoms with Gasteiger partial charge in [0.15, 0.2) is 28.8 Å². The van der Waals surface area contributed by atoms with Gasteiger partial charge in [-0.1, -0.05) is 15.9 Å². The van der Waals surface area contributed by atoms with Crippen molar-refractivity contribution in [2.45, 2.75) is 4.90 Å². The summed E-state index contributed by atoms with van der Waals surface area (Å²) in [4.78, 5) is -0.0312. The summed E-state index contributed by atoms with van der Waals surface area (Å²) in [5.41, 5.74) is 0. The Labute approximate surface area is 98.3 Å². The van der Waals surface area contributed by atoms with Crippen molar-refractivity contribution in [3.05, 3.63) is 22.7 Å². The first kappa shape index (κ1) is 11.2. The Morgan fingerprint density at radius 1 is 1.46 bits per heavy atom. The van der Waals surface area contributed by atoms with Crippen molar-refractivity contribution in [1.29, 1.82) is 0 Å². The van der Waals surface area contributed by atoms with Gasteiger partial charge in [0.25, 0.3) is 0 Å². The molecule has 0 saturated heterocycles. The molecule has 4 nitrogen and oxygen atoms in total. The molecule has 2 N–H and O–H groups in total. The zero-order valence-electron chi connectivity index (χ0n) is 6.20. The number of sulfonamides is 1. The van der Waals surface area contributed by atoms with Gasteiger partial charge in [-0.15, -0.1) is 0 Å². The molecule has 0 aliphatic carbocycles. The lowest BCUT2D eigenvalue weighted by atomic mass is 10.3. The average molecular weight is 378 g/mol. The predicted molar refractivity (Wildman–Crippen MR) is 60.2 cm³/mol. The number of nitrogens with two attached hydrogens (primary N) is 1.